The van der Waals surface area contributed by atoms with Crippen LogP contribution in [0.1, 0.15) is 37.6 Å². The molecule has 1 aliphatic rings. The molecule has 88 valence electrons. The maximum Gasteiger partial charge on any atom is 0.137 e. The number of nitrogens with zero attached hydrogens (tertiary/aromatic N) is 3. The van der Waals surface area contributed by atoms with Crippen LogP contribution in [-0.2, 0) is 0 Å². The third-order valence-electron chi connectivity index (χ3n) is 2.99. The molecule has 1 saturated carbocycles. The molecule has 1 fully saturated rings. The fourth-order valence-electron chi connectivity index (χ4n) is 2.00. The lowest BCUT2D eigenvalue weighted by atomic mass is 10.2. The summed E-state index contributed by atoms with van der Waals surface area (Å²) in [6.07, 6.45) is 3.70. The highest BCUT2D eigenvalue weighted by atomic mass is 15.2. The van der Waals surface area contributed by atoms with Gasteiger partial charge in [0.05, 0.1) is 0 Å². The Bertz CT molecular complexity index is 385. The summed E-state index contributed by atoms with van der Waals surface area (Å²) >= 11 is 0. The van der Waals surface area contributed by atoms with Crippen LogP contribution in [0.25, 0.3) is 0 Å². The number of hydrogen-bond acceptors (Lipinski definition) is 4. The molecule has 0 unspecified atom stereocenters. The SMILES string of the molecule is CCCN(c1nc(C)nc(N)c1C)C1CC1. The van der Waals surface area contributed by atoms with Crippen LogP contribution in [0.4, 0.5) is 11.6 Å². The van der Waals surface area contributed by atoms with E-state index < -0.39 is 0 Å². The highest BCUT2D eigenvalue weighted by Crippen LogP contribution is 2.33. The van der Waals surface area contributed by atoms with Crippen LogP contribution in [0.2, 0.25) is 0 Å². The molecule has 2 N–H and O–H groups in total. The molecule has 0 atom stereocenters. The third-order valence-corrected chi connectivity index (χ3v) is 2.99. The van der Waals surface area contributed by atoms with Crippen molar-refractivity contribution >= 4 is 11.6 Å². The Labute approximate surface area is 96.9 Å². The highest BCUT2D eigenvalue weighted by molar-refractivity contribution is 5.57. The van der Waals surface area contributed by atoms with Gasteiger partial charge < -0.3 is 10.6 Å². The largest absolute Gasteiger partial charge is 0.383 e. The average molecular weight is 220 g/mol. The van der Waals surface area contributed by atoms with Gasteiger partial charge in [-0.25, -0.2) is 9.97 Å². The van der Waals surface area contributed by atoms with Crippen molar-refractivity contribution in [2.24, 2.45) is 0 Å². The van der Waals surface area contributed by atoms with Gasteiger partial charge in [-0.3, -0.25) is 0 Å². The zero-order chi connectivity index (χ0) is 11.7. The maximum absolute atomic E-state index is 5.90. The van der Waals surface area contributed by atoms with Crippen LogP contribution in [0, 0.1) is 13.8 Å². The molecule has 1 aliphatic carbocycles. The van der Waals surface area contributed by atoms with E-state index in [0.717, 1.165) is 30.2 Å². The van der Waals surface area contributed by atoms with E-state index in [9.17, 15) is 0 Å². The first-order chi connectivity index (χ1) is 7.63. The number of aryl methyl sites for hydroxylation is 1. The Balaban J connectivity index is 2.35. The lowest BCUT2D eigenvalue weighted by molar-refractivity contribution is 0.742. The van der Waals surface area contributed by atoms with Crippen molar-refractivity contribution in [3.63, 3.8) is 0 Å². The lowest BCUT2D eigenvalue weighted by Crippen LogP contribution is -2.29. The Morgan fingerprint density at radius 3 is 2.56 bits per heavy atom. The van der Waals surface area contributed by atoms with Gasteiger partial charge in [0.15, 0.2) is 0 Å². The van der Waals surface area contributed by atoms with Crippen LogP contribution in [0.3, 0.4) is 0 Å². The summed E-state index contributed by atoms with van der Waals surface area (Å²) in [7, 11) is 0. The normalized spacial score (nSPS) is 15.2. The van der Waals surface area contributed by atoms with Crippen LogP contribution in [-0.4, -0.2) is 22.6 Å². The molecule has 0 amide bonds. The van der Waals surface area contributed by atoms with E-state index in [1.165, 1.54) is 12.8 Å². The summed E-state index contributed by atoms with van der Waals surface area (Å²) in [6, 6.07) is 0.673. The van der Waals surface area contributed by atoms with Gasteiger partial charge in [-0.15, -0.1) is 0 Å². The maximum atomic E-state index is 5.90. The van der Waals surface area contributed by atoms with Crippen molar-refractivity contribution in [3.8, 4) is 0 Å². The van der Waals surface area contributed by atoms with Gasteiger partial charge >= 0.3 is 0 Å². The molecular formula is C12H20N4. The molecule has 0 radical (unpaired) electrons. The van der Waals surface area contributed by atoms with E-state index >= 15 is 0 Å². The molecule has 1 aromatic heterocycles. The zero-order valence-corrected chi connectivity index (χ0v) is 10.3. The fraction of sp³-hybridized carbons (Fsp3) is 0.667. The Hall–Kier alpha value is -1.32. The molecule has 0 aromatic carbocycles. The van der Waals surface area contributed by atoms with Crippen molar-refractivity contribution < 1.29 is 0 Å². The summed E-state index contributed by atoms with van der Waals surface area (Å²) in [6.45, 7) is 7.16. The van der Waals surface area contributed by atoms with Gasteiger partial charge in [-0.1, -0.05) is 6.92 Å². The molecule has 4 nitrogen and oxygen atoms in total. The van der Waals surface area contributed by atoms with Crippen molar-refractivity contribution in [2.45, 2.75) is 46.1 Å². The molecule has 1 heterocycles. The van der Waals surface area contributed by atoms with Gasteiger partial charge in [0.1, 0.15) is 17.5 Å². The quantitative estimate of drug-likeness (QED) is 0.843. The second kappa shape index (κ2) is 4.28. The Morgan fingerprint density at radius 1 is 1.31 bits per heavy atom. The number of aromatic nitrogens is 2. The van der Waals surface area contributed by atoms with E-state index in [1.54, 1.807) is 0 Å². The summed E-state index contributed by atoms with van der Waals surface area (Å²) in [5, 5.41) is 0. The Morgan fingerprint density at radius 2 is 2.00 bits per heavy atom. The molecular weight excluding hydrogens is 200 g/mol. The zero-order valence-electron chi connectivity index (χ0n) is 10.3. The second-order valence-corrected chi connectivity index (χ2v) is 4.53. The lowest BCUT2D eigenvalue weighted by Gasteiger charge is -2.25. The summed E-state index contributed by atoms with van der Waals surface area (Å²) in [5.41, 5.74) is 6.92. The van der Waals surface area contributed by atoms with Gasteiger partial charge in [0.25, 0.3) is 0 Å². The summed E-state index contributed by atoms with van der Waals surface area (Å²) < 4.78 is 0. The molecule has 4 heteroatoms. The summed E-state index contributed by atoms with van der Waals surface area (Å²) in [4.78, 5) is 11.1. The van der Waals surface area contributed by atoms with E-state index in [0.29, 0.717) is 11.9 Å². The first-order valence-electron chi connectivity index (χ1n) is 6.00. The van der Waals surface area contributed by atoms with E-state index in [1.807, 2.05) is 13.8 Å². The van der Waals surface area contributed by atoms with Gasteiger partial charge in [-0.2, -0.15) is 0 Å². The van der Waals surface area contributed by atoms with Crippen molar-refractivity contribution in [3.05, 3.63) is 11.4 Å². The van der Waals surface area contributed by atoms with Crippen LogP contribution in [0.5, 0.6) is 0 Å². The van der Waals surface area contributed by atoms with Gasteiger partial charge in [-0.05, 0) is 33.1 Å². The molecule has 0 spiro atoms. The summed E-state index contributed by atoms with van der Waals surface area (Å²) in [5.74, 6) is 2.42. The fourth-order valence-corrected chi connectivity index (χ4v) is 2.00. The number of rotatable bonds is 4. The van der Waals surface area contributed by atoms with Crippen LogP contribution >= 0.6 is 0 Å². The first kappa shape index (κ1) is 11.2. The minimum absolute atomic E-state index is 0.615. The molecule has 0 aliphatic heterocycles. The number of anilines is 2. The van der Waals surface area contributed by atoms with Gasteiger partial charge in [0, 0.05) is 18.2 Å². The van der Waals surface area contributed by atoms with Crippen molar-refractivity contribution in [2.75, 3.05) is 17.2 Å². The first-order valence-corrected chi connectivity index (χ1v) is 6.00. The van der Waals surface area contributed by atoms with Gasteiger partial charge in [0.2, 0.25) is 0 Å². The molecule has 16 heavy (non-hydrogen) atoms. The monoisotopic (exact) mass is 220 g/mol. The average Bonchev–Trinajstić information content (AvgIpc) is 3.04. The number of nitrogen functional groups attached to an aromatic ring is 1. The topological polar surface area (TPSA) is 55.0 Å². The van der Waals surface area contributed by atoms with E-state index in [-0.39, 0.29) is 0 Å². The van der Waals surface area contributed by atoms with E-state index in [4.69, 9.17) is 5.73 Å². The predicted molar refractivity (Wildman–Crippen MR) is 66.6 cm³/mol. The number of hydrogen-bond donors (Lipinski definition) is 1. The highest BCUT2D eigenvalue weighted by Gasteiger charge is 2.30. The smallest absolute Gasteiger partial charge is 0.137 e. The molecule has 0 bridgehead atoms. The molecule has 0 saturated heterocycles. The van der Waals surface area contributed by atoms with Crippen LogP contribution < -0.4 is 10.6 Å². The second-order valence-electron chi connectivity index (χ2n) is 4.53. The predicted octanol–water partition coefficient (Wildman–Crippen LogP) is 2.05. The number of nitrogens with two attached hydrogens (primary N) is 1. The van der Waals surface area contributed by atoms with E-state index in [2.05, 4.69) is 21.8 Å². The standard InChI is InChI=1S/C12H20N4/c1-4-7-16(10-5-6-10)12-8(2)11(13)14-9(3)15-12/h10H,4-7H2,1-3H3,(H2,13,14,15). The molecule has 2 rings (SSSR count). The Kier molecular flexibility index (Phi) is 2.99. The third kappa shape index (κ3) is 2.10. The molecule has 1 aromatic rings. The van der Waals surface area contributed by atoms with Crippen molar-refractivity contribution in [1.29, 1.82) is 0 Å². The minimum Gasteiger partial charge on any atom is -0.383 e. The minimum atomic E-state index is 0.615. The van der Waals surface area contributed by atoms with Crippen molar-refractivity contribution in [1.82, 2.24) is 9.97 Å². The van der Waals surface area contributed by atoms with Crippen LogP contribution in [0.15, 0.2) is 0 Å².